The van der Waals surface area contributed by atoms with E-state index in [1.165, 1.54) is 5.56 Å². The highest BCUT2D eigenvalue weighted by Crippen LogP contribution is 2.23. The molecule has 0 radical (unpaired) electrons. The van der Waals surface area contributed by atoms with Gasteiger partial charge >= 0.3 is 0 Å². The number of hydrogen-bond donors (Lipinski definition) is 2. The molecule has 0 aliphatic rings. The van der Waals surface area contributed by atoms with Crippen molar-refractivity contribution in [3.05, 3.63) is 48.2 Å². The summed E-state index contributed by atoms with van der Waals surface area (Å²) in [5.41, 5.74) is 3.08. The fraction of sp³-hybridized carbons (Fsp3) is 0.214. The Labute approximate surface area is 111 Å². The quantitative estimate of drug-likeness (QED) is 0.749. The van der Waals surface area contributed by atoms with E-state index in [1.807, 2.05) is 24.4 Å². The number of aromatic nitrogens is 4. The zero-order chi connectivity index (χ0) is 13.1. The smallest absolute Gasteiger partial charge is 0.143 e. The largest absolute Gasteiger partial charge is 0.364 e. The average Bonchev–Trinajstić information content (AvgIpc) is 2.90. The van der Waals surface area contributed by atoms with E-state index < -0.39 is 0 Å². The number of hydrogen-bond acceptors (Lipinski definition) is 4. The molecular formula is C14H15N5. The van der Waals surface area contributed by atoms with E-state index in [9.17, 15) is 0 Å². The lowest BCUT2D eigenvalue weighted by Crippen LogP contribution is -2.04. The van der Waals surface area contributed by atoms with Gasteiger partial charge in [0, 0.05) is 12.4 Å². The van der Waals surface area contributed by atoms with E-state index in [4.69, 9.17) is 0 Å². The second-order valence-corrected chi connectivity index (χ2v) is 4.29. The van der Waals surface area contributed by atoms with Gasteiger partial charge in [-0.05, 0) is 24.1 Å². The molecule has 96 valence electrons. The van der Waals surface area contributed by atoms with Crippen LogP contribution in [0.2, 0.25) is 0 Å². The van der Waals surface area contributed by atoms with Gasteiger partial charge in [0.1, 0.15) is 17.8 Å². The highest BCUT2D eigenvalue weighted by molar-refractivity contribution is 5.90. The Morgan fingerprint density at radius 1 is 1.21 bits per heavy atom. The van der Waals surface area contributed by atoms with Crippen LogP contribution in [0.1, 0.15) is 18.2 Å². The molecule has 0 bridgehead atoms. The number of aromatic amines is 1. The molecule has 0 unspecified atom stereocenters. The van der Waals surface area contributed by atoms with E-state index in [0.717, 1.165) is 29.0 Å². The van der Waals surface area contributed by atoms with Crippen LogP contribution >= 0.6 is 0 Å². The lowest BCUT2D eigenvalue weighted by atomic mass is 10.2. The second kappa shape index (κ2) is 5.06. The number of nitrogens with zero attached hydrogens (tertiary/aromatic N) is 3. The average molecular weight is 253 g/mol. The molecule has 0 amide bonds. The van der Waals surface area contributed by atoms with Crippen molar-refractivity contribution in [1.82, 2.24) is 19.9 Å². The van der Waals surface area contributed by atoms with Crippen molar-refractivity contribution in [3.63, 3.8) is 0 Å². The normalized spacial score (nSPS) is 10.8. The topological polar surface area (TPSA) is 66.5 Å². The van der Waals surface area contributed by atoms with Gasteiger partial charge in [-0.2, -0.15) is 0 Å². The third kappa shape index (κ3) is 2.27. The minimum absolute atomic E-state index is 0.654. The van der Waals surface area contributed by atoms with Crippen LogP contribution < -0.4 is 5.32 Å². The van der Waals surface area contributed by atoms with Crippen LogP contribution in [-0.2, 0) is 13.0 Å². The third-order valence-corrected chi connectivity index (χ3v) is 3.10. The Morgan fingerprint density at radius 3 is 2.95 bits per heavy atom. The third-order valence-electron chi connectivity index (χ3n) is 3.10. The molecular weight excluding hydrogens is 238 g/mol. The van der Waals surface area contributed by atoms with E-state index in [0.29, 0.717) is 6.54 Å². The van der Waals surface area contributed by atoms with Crippen molar-refractivity contribution >= 4 is 16.9 Å². The van der Waals surface area contributed by atoms with Crippen molar-refractivity contribution in [1.29, 1.82) is 0 Å². The zero-order valence-corrected chi connectivity index (χ0v) is 10.7. The Morgan fingerprint density at radius 2 is 2.16 bits per heavy atom. The summed E-state index contributed by atoms with van der Waals surface area (Å²) in [6.45, 7) is 2.78. The predicted octanol–water partition coefficient (Wildman–Crippen LogP) is 2.53. The molecule has 0 saturated carbocycles. The Kier molecular flexibility index (Phi) is 3.10. The molecule has 3 heterocycles. The summed E-state index contributed by atoms with van der Waals surface area (Å²) in [6.07, 6.45) is 6.30. The maximum Gasteiger partial charge on any atom is 0.143 e. The molecule has 0 aliphatic carbocycles. The van der Waals surface area contributed by atoms with Gasteiger partial charge in [0.15, 0.2) is 0 Å². The molecule has 0 saturated heterocycles. The van der Waals surface area contributed by atoms with Crippen molar-refractivity contribution in [2.24, 2.45) is 0 Å². The summed E-state index contributed by atoms with van der Waals surface area (Å²) in [5.74, 6) is 0.855. The van der Waals surface area contributed by atoms with E-state index in [-0.39, 0.29) is 0 Å². The van der Waals surface area contributed by atoms with Gasteiger partial charge in [0.05, 0.1) is 17.6 Å². The molecule has 3 aromatic rings. The first-order valence-corrected chi connectivity index (χ1v) is 6.33. The van der Waals surface area contributed by atoms with Gasteiger partial charge in [-0.25, -0.2) is 9.97 Å². The predicted molar refractivity (Wildman–Crippen MR) is 74.8 cm³/mol. The Bertz CT molecular complexity index is 675. The number of rotatable bonds is 4. The van der Waals surface area contributed by atoms with Gasteiger partial charge < -0.3 is 10.3 Å². The first kappa shape index (κ1) is 11.6. The lowest BCUT2D eigenvalue weighted by Gasteiger charge is -2.07. The molecule has 19 heavy (non-hydrogen) atoms. The van der Waals surface area contributed by atoms with Crippen LogP contribution in [0, 0.1) is 0 Å². The molecule has 5 nitrogen and oxygen atoms in total. The van der Waals surface area contributed by atoms with Gasteiger partial charge in [-0.15, -0.1) is 0 Å². The maximum atomic E-state index is 4.33. The summed E-state index contributed by atoms with van der Waals surface area (Å²) in [4.78, 5) is 16.0. The van der Waals surface area contributed by atoms with Crippen LogP contribution in [0.4, 0.5) is 5.82 Å². The van der Waals surface area contributed by atoms with Gasteiger partial charge in [0.2, 0.25) is 0 Å². The Hall–Kier alpha value is -2.43. The van der Waals surface area contributed by atoms with Crippen molar-refractivity contribution in [3.8, 4) is 0 Å². The lowest BCUT2D eigenvalue weighted by molar-refractivity contribution is 1.03. The first-order valence-electron chi connectivity index (χ1n) is 6.33. The van der Waals surface area contributed by atoms with Gasteiger partial charge in [-0.1, -0.05) is 13.0 Å². The first-order chi connectivity index (χ1) is 9.38. The van der Waals surface area contributed by atoms with Crippen LogP contribution in [0.5, 0.6) is 0 Å². The Balaban J connectivity index is 1.90. The number of H-pyrrole nitrogens is 1. The maximum absolute atomic E-state index is 4.33. The number of aryl methyl sites for hydroxylation is 1. The molecule has 0 spiro atoms. The SMILES string of the molecule is CCc1c[nH]c2ncnc(NCc3ccccn3)c12. The fourth-order valence-corrected chi connectivity index (χ4v) is 2.12. The zero-order valence-electron chi connectivity index (χ0n) is 10.7. The second-order valence-electron chi connectivity index (χ2n) is 4.29. The minimum atomic E-state index is 0.654. The van der Waals surface area contributed by atoms with Crippen molar-refractivity contribution < 1.29 is 0 Å². The molecule has 0 aromatic carbocycles. The molecule has 5 heteroatoms. The summed E-state index contributed by atoms with van der Waals surface area (Å²) in [6, 6.07) is 5.88. The molecule has 3 aromatic heterocycles. The number of fused-ring (bicyclic) bond motifs is 1. The molecule has 3 rings (SSSR count). The molecule has 2 N–H and O–H groups in total. The van der Waals surface area contributed by atoms with Gasteiger partial charge in [-0.3, -0.25) is 4.98 Å². The number of nitrogens with one attached hydrogen (secondary N) is 2. The summed E-state index contributed by atoms with van der Waals surface area (Å²) in [7, 11) is 0. The van der Waals surface area contributed by atoms with Crippen LogP contribution in [0.25, 0.3) is 11.0 Å². The molecule has 0 fully saturated rings. The van der Waals surface area contributed by atoms with Gasteiger partial charge in [0.25, 0.3) is 0 Å². The summed E-state index contributed by atoms with van der Waals surface area (Å²) < 4.78 is 0. The highest BCUT2D eigenvalue weighted by atomic mass is 15.0. The molecule has 0 atom stereocenters. The summed E-state index contributed by atoms with van der Waals surface area (Å²) in [5, 5.41) is 4.40. The van der Waals surface area contributed by atoms with Crippen LogP contribution in [0.3, 0.4) is 0 Å². The van der Waals surface area contributed by atoms with E-state index in [2.05, 4.69) is 32.2 Å². The number of anilines is 1. The van der Waals surface area contributed by atoms with Crippen molar-refractivity contribution in [2.75, 3.05) is 5.32 Å². The summed E-state index contributed by atoms with van der Waals surface area (Å²) >= 11 is 0. The minimum Gasteiger partial charge on any atom is -0.364 e. The monoisotopic (exact) mass is 253 g/mol. The van der Waals surface area contributed by atoms with Crippen LogP contribution in [-0.4, -0.2) is 19.9 Å². The van der Waals surface area contributed by atoms with Crippen molar-refractivity contribution in [2.45, 2.75) is 19.9 Å². The van der Waals surface area contributed by atoms with Crippen LogP contribution in [0.15, 0.2) is 36.9 Å². The molecule has 0 aliphatic heterocycles. The van der Waals surface area contributed by atoms with E-state index in [1.54, 1.807) is 12.5 Å². The van der Waals surface area contributed by atoms with E-state index >= 15 is 0 Å². The number of pyridine rings is 1. The fourth-order valence-electron chi connectivity index (χ4n) is 2.12. The highest BCUT2D eigenvalue weighted by Gasteiger charge is 2.09. The standard InChI is InChI=1S/C14H15N5/c1-2-10-7-16-13-12(10)14(19-9-18-13)17-8-11-5-3-4-6-15-11/h3-7,9H,2,8H2,1H3,(H2,16,17,18,19).